The summed E-state index contributed by atoms with van der Waals surface area (Å²) < 4.78 is 0. The highest BCUT2D eigenvalue weighted by Crippen LogP contribution is 2.33. The Morgan fingerprint density at radius 2 is 2.00 bits per heavy atom. The second-order valence-corrected chi connectivity index (χ2v) is 3.36. The van der Waals surface area contributed by atoms with Crippen LogP contribution in [0.4, 0.5) is 0 Å². The van der Waals surface area contributed by atoms with E-state index in [4.69, 9.17) is 0 Å². The van der Waals surface area contributed by atoms with Crippen LogP contribution in [0.15, 0.2) is 12.4 Å². The van der Waals surface area contributed by atoms with Crippen molar-refractivity contribution in [3.05, 3.63) is 23.8 Å². The van der Waals surface area contributed by atoms with Crippen LogP contribution in [0.5, 0.6) is 0 Å². The van der Waals surface area contributed by atoms with E-state index < -0.39 is 0 Å². The molecule has 0 radical (unpaired) electrons. The second-order valence-electron chi connectivity index (χ2n) is 3.36. The number of nitrogens with zero attached hydrogens (tertiary/aromatic N) is 2. The maximum Gasteiger partial charge on any atom is 0.0649 e. The highest BCUT2D eigenvalue weighted by Gasteiger charge is 2.27. The van der Waals surface area contributed by atoms with Crippen molar-refractivity contribution in [3.63, 3.8) is 0 Å². The normalized spacial score (nSPS) is 28.5. The molecule has 0 aromatic carbocycles. The topological polar surface area (TPSA) is 25.8 Å². The predicted molar refractivity (Wildman–Crippen MR) is 43.3 cm³/mol. The summed E-state index contributed by atoms with van der Waals surface area (Å²) in [5.74, 6) is 1.31. The van der Waals surface area contributed by atoms with Crippen LogP contribution in [0.2, 0.25) is 0 Å². The van der Waals surface area contributed by atoms with Gasteiger partial charge in [-0.1, -0.05) is 13.8 Å². The van der Waals surface area contributed by atoms with Gasteiger partial charge in [0.2, 0.25) is 0 Å². The molecule has 2 unspecified atom stereocenters. The summed E-state index contributed by atoms with van der Waals surface area (Å²) in [5, 5.41) is 0. The van der Waals surface area contributed by atoms with Gasteiger partial charge in [-0.2, -0.15) is 0 Å². The van der Waals surface area contributed by atoms with Gasteiger partial charge in [-0.3, -0.25) is 9.97 Å². The molecular formula is C9H12N2. The number of hydrogen-bond donors (Lipinski definition) is 0. The molecule has 1 aliphatic carbocycles. The van der Waals surface area contributed by atoms with E-state index in [2.05, 4.69) is 23.8 Å². The van der Waals surface area contributed by atoms with Gasteiger partial charge in [0, 0.05) is 18.3 Å². The molecule has 0 N–H and O–H groups in total. The molecule has 0 bridgehead atoms. The van der Waals surface area contributed by atoms with Crippen LogP contribution in [0.1, 0.15) is 31.2 Å². The van der Waals surface area contributed by atoms with E-state index in [1.165, 1.54) is 11.4 Å². The molecule has 2 heteroatoms. The van der Waals surface area contributed by atoms with Crippen LogP contribution in [0.25, 0.3) is 0 Å². The molecule has 0 amide bonds. The molecular weight excluding hydrogens is 136 g/mol. The van der Waals surface area contributed by atoms with E-state index >= 15 is 0 Å². The molecule has 0 aliphatic heterocycles. The fraction of sp³-hybridized carbons (Fsp3) is 0.556. The summed E-state index contributed by atoms with van der Waals surface area (Å²) in [6.07, 6.45) is 4.67. The lowest BCUT2D eigenvalue weighted by atomic mass is 9.99. The molecule has 58 valence electrons. The highest BCUT2D eigenvalue weighted by molar-refractivity contribution is 5.22. The molecule has 0 fully saturated rings. The summed E-state index contributed by atoms with van der Waals surface area (Å²) in [4.78, 5) is 8.63. The van der Waals surface area contributed by atoms with Crippen LogP contribution in [-0.2, 0) is 6.42 Å². The van der Waals surface area contributed by atoms with E-state index in [9.17, 15) is 0 Å². The van der Waals surface area contributed by atoms with E-state index in [0.717, 1.165) is 6.42 Å². The molecule has 0 saturated heterocycles. The van der Waals surface area contributed by atoms with Crippen molar-refractivity contribution in [1.29, 1.82) is 0 Å². The molecule has 2 atom stereocenters. The second kappa shape index (κ2) is 2.29. The Labute approximate surface area is 66.7 Å². The smallest absolute Gasteiger partial charge is 0.0649 e. The average Bonchev–Trinajstić information content (AvgIpc) is 2.30. The van der Waals surface area contributed by atoms with Gasteiger partial charge in [-0.25, -0.2) is 0 Å². The van der Waals surface area contributed by atoms with Crippen LogP contribution < -0.4 is 0 Å². The third-order valence-corrected chi connectivity index (χ3v) is 2.61. The van der Waals surface area contributed by atoms with Crippen LogP contribution in [-0.4, -0.2) is 9.97 Å². The summed E-state index contributed by atoms with van der Waals surface area (Å²) >= 11 is 0. The lowest BCUT2D eigenvalue weighted by Crippen LogP contribution is -1.98. The quantitative estimate of drug-likeness (QED) is 0.560. The fourth-order valence-electron chi connectivity index (χ4n) is 1.67. The zero-order valence-corrected chi connectivity index (χ0v) is 6.91. The Morgan fingerprint density at radius 1 is 1.27 bits per heavy atom. The van der Waals surface area contributed by atoms with Crippen molar-refractivity contribution in [3.8, 4) is 0 Å². The zero-order valence-electron chi connectivity index (χ0n) is 6.91. The van der Waals surface area contributed by atoms with E-state index in [1.807, 2.05) is 0 Å². The predicted octanol–water partition coefficient (Wildman–Crippen LogP) is 1.77. The number of rotatable bonds is 0. The van der Waals surface area contributed by atoms with E-state index in [1.54, 1.807) is 12.4 Å². The van der Waals surface area contributed by atoms with Gasteiger partial charge in [0.25, 0.3) is 0 Å². The molecule has 1 heterocycles. The first-order chi connectivity index (χ1) is 5.29. The van der Waals surface area contributed by atoms with Crippen molar-refractivity contribution in [2.75, 3.05) is 0 Å². The summed E-state index contributed by atoms with van der Waals surface area (Å²) in [6, 6.07) is 0. The molecule has 2 nitrogen and oxygen atoms in total. The van der Waals surface area contributed by atoms with Crippen LogP contribution in [0.3, 0.4) is 0 Å². The Bertz CT molecular complexity index is 270. The number of hydrogen-bond acceptors (Lipinski definition) is 2. The Kier molecular flexibility index (Phi) is 1.41. The third kappa shape index (κ3) is 0.934. The van der Waals surface area contributed by atoms with Crippen molar-refractivity contribution >= 4 is 0 Å². The number of fused-ring (bicyclic) bond motifs is 1. The van der Waals surface area contributed by atoms with Gasteiger partial charge in [0.15, 0.2) is 0 Å². The fourth-order valence-corrected chi connectivity index (χ4v) is 1.67. The first-order valence-corrected chi connectivity index (χ1v) is 4.09. The first kappa shape index (κ1) is 6.77. The van der Waals surface area contributed by atoms with Gasteiger partial charge >= 0.3 is 0 Å². The minimum Gasteiger partial charge on any atom is -0.258 e. The molecule has 1 aromatic heterocycles. The SMILES string of the molecule is CC1Cc2nccnc2C1C. The zero-order chi connectivity index (χ0) is 7.84. The van der Waals surface area contributed by atoms with Gasteiger partial charge < -0.3 is 0 Å². The van der Waals surface area contributed by atoms with Crippen molar-refractivity contribution in [2.45, 2.75) is 26.2 Å². The van der Waals surface area contributed by atoms with Gasteiger partial charge in [-0.05, 0) is 12.3 Å². The van der Waals surface area contributed by atoms with E-state index in [0.29, 0.717) is 11.8 Å². The third-order valence-electron chi connectivity index (χ3n) is 2.61. The van der Waals surface area contributed by atoms with Crippen molar-refractivity contribution in [1.82, 2.24) is 9.97 Å². The molecule has 0 spiro atoms. The Balaban J connectivity index is 2.47. The average molecular weight is 148 g/mol. The molecule has 2 rings (SSSR count). The largest absolute Gasteiger partial charge is 0.258 e. The summed E-state index contributed by atoms with van der Waals surface area (Å²) in [6.45, 7) is 4.49. The maximum atomic E-state index is 4.33. The standard InChI is InChI=1S/C9H12N2/c1-6-5-8-9(7(6)2)11-4-3-10-8/h3-4,6-7H,5H2,1-2H3. The van der Waals surface area contributed by atoms with Gasteiger partial charge in [0.1, 0.15) is 0 Å². The lowest BCUT2D eigenvalue weighted by molar-refractivity contribution is 0.525. The highest BCUT2D eigenvalue weighted by atomic mass is 14.8. The van der Waals surface area contributed by atoms with Gasteiger partial charge in [0.05, 0.1) is 11.4 Å². The number of aromatic nitrogens is 2. The molecule has 11 heavy (non-hydrogen) atoms. The van der Waals surface area contributed by atoms with Crippen molar-refractivity contribution in [2.24, 2.45) is 5.92 Å². The van der Waals surface area contributed by atoms with Gasteiger partial charge in [-0.15, -0.1) is 0 Å². The summed E-state index contributed by atoms with van der Waals surface area (Å²) in [7, 11) is 0. The maximum absolute atomic E-state index is 4.33. The van der Waals surface area contributed by atoms with Crippen LogP contribution >= 0.6 is 0 Å². The lowest BCUT2D eigenvalue weighted by Gasteiger charge is -2.06. The molecule has 1 aromatic rings. The minimum atomic E-state index is 0.596. The minimum absolute atomic E-state index is 0.596. The van der Waals surface area contributed by atoms with Crippen LogP contribution in [0, 0.1) is 5.92 Å². The molecule has 1 aliphatic rings. The monoisotopic (exact) mass is 148 g/mol. The first-order valence-electron chi connectivity index (χ1n) is 4.09. The molecule has 0 saturated carbocycles. The Morgan fingerprint density at radius 3 is 2.73 bits per heavy atom. The van der Waals surface area contributed by atoms with E-state index in [-0.39, 0.29) is 0 Å². The van der Waals surface area contributed by atoms with Crippen molar-refractivity contribution < 1.29 is 0 Å². The summed E-state index contributed by atoms with van der Waals surface area (Å²) in [5.41, 5.74) is 2.41. The Hall–Kier alpha value is -0.920.